The smallest absolute Gasteiger partial charge is 0.269 e. The second kappa shape index (κ2) is 7.42. The quantitative estimate of drug-likeness (QED) is 0.633. The van der Waals surface area contributed by atoms with Crippen molar-refractivity contribution in [1.29, 1.82) is 0 Å². The second-order valence-corrected chi connectivity index (χ2v) is 6.44. The zero-order valence-corrected chi connectivity index (χ0v) is 14.5. The molecule has 0 aromatic heterocycles. The van der Waals surface area contributed by atoms with Gasteiger partial charge in [-0.1, -0.05) is 65.5 Å². The van der Waals surface area contributed by atoms with Gasteiger partial charge in [0.05, 0.1) is 6.04 Å². The fourth-order valence-electron chi connectivity index (χ4n) is 2.68. The van der Waals surface area contributed by atoms with Gasteiger partial charge in [-0.05, 0) is 18.6 Å². The number of benzene rings is 1. The maximum absolute atomic E-state index is 12.3. The van der Waals surface area contributed by atoms with E-state index in [9.17, 15) is 9.59 Å². The molecule has 1 aromatic rings. The van der Waals surface area contributed by atoms with Crippen LogP contribution in [-0.2, 0) is 9.59 Å². The van der Waals surface area contributed by atoms with Crippen LogP contribution in [0.15, 0.2) is 65.7 Å². The van der Waals surface area contributed by atoms with Gasteiger partial charge < -0.3 is 0 Å². The highest BCUT2D eigenvalue weighted by Gasteiger charge is 2.38. The molecule has 0 spiro atoms. The Morgan fingerprint density at radius 1 is 1.39 bits per heavy atom. The van der Waals surface area contributed by atoms with Gasteiger partial charge in [-0.2, -0.15) is 0 Å². The van der Waals surface area contributed by atoms with E-state index in [1.54, 1.807) is 6.08 Å². The SMILES string of the molecule is C=CC(=CC(=C)Br)C(=O)NN1C(=O)CC(c2ccccc2)C1C. The van der Waals surface area contributed by atoms with Crippen LogP contribution in [0.4, 0.5) is 0 Å². The summed E-state index contributed by atoms with van der Waals surface area (Å²) >= 11 is 3.18. The average molecular weight is 375 g/mol. The van der Waals surface area contributed by atoms with Gasteiger partial charge in [0.15, 0.2) is 0 Å². The molecule has 4 nitrogen and oxygen atoms in total. The molecule has 1 aliphatic heterocycles. The van der Waals surface area contributed by atoms with Crippen LogP contribution < -0.4 is 5.43 Å². The van der Waals surface area contributed by atoms with Crippen LogP contribution in [0, 0.1) is 0 Å². The lowest BCUT2D eigenvalue weighted by atomic mass is 9.93. The standard InChI is InChI=1S/C18H19BrN2O2/c1-4-14(10-12(2)19)18(23)20-21-13(3)16(11-17(21)22)15-8-6-5-7-9-15/h4-10,13,16H,1-2,11H2,3H3,(H,20,23). The van der Waals surface area contributed by atoms with Crippen LogP contribution >= 0.6 is 15.9 Å². The van der Waals surface area contributed by atoms with Gasteiger partial charge in [0.25, 0.3) is 5.91 Å². The molecule has 2 atom stereocenters. The normalized spacial score (nSPS) is 21.2. The van der Waals surface area contributed by atoms with Crippen molar-refractivity contribution in [3.8, 4) is 0 Å². The predicted octanol–water partition coefficient (Wildman–Crippen LogP) is 3.44. The van der Waals surface area contributed by atoms with Gasteiger partial charge in [-0.3, -0.25) is 20.0 Å². The van der Waals surface area contributed by atoms with Crippen molar-refractivity contribution in [1.82, 2.24) is 10.4 Å². The molecule has 1 fully saturated rings. The molecular weight excluding hydrogens is 356 g/mol. The molecule has 0 saturated carbocycles. The number of carbonyl (C=O) groups is 2. The van der Waals surface area contributed by atoms with E-state index in [0.717, 1.165) is 5.56 Å². The first kappa shape index (κ1) is 17.2. The summed E-state index contributed by atoms with van der Waals surface area (Å²) in [5.74, 6) is -0.415. The number of amides is 2. The van der Waals surface area contributed by atoms with Crippen LogP contribution in [0.25, 0.3) is 0 Å². The molecule has 1 aliphatic rings. The number of halogens is 1. The zero-order valence-electron chi connectivity index (χ0n) is 13.0. The minimum Gasteiger partial charge on any atom is -0.273 e. The van der Waals surface area contributed by atoms with E-state index in [2.05, 4.69) is 34.5 Å². The lowest BCUT2D eigenvalue weighted by molar-refractivity contribution is -0.138. The number of allylic oxidation sites excluding steroid dienone is 2. The van der Waals surface area contributed by atoms with E-state index >= 15 is 0 Å². The Morgan fingerprint density at radius 3 is 2.61 bits per heavy atom. The third-order valence-electron chi connectivity index (χ3n) is 3.90. The van der Waals surface area contributed by atoms with Crippen molar-refractivity contribution < 1.29 is 9.59 Å². The summed E-state index contributed by atoms with van der Waals surface area (Å²) in [6.45, 7) is 9.22. The van der Waals surface area contributed by atoms with E-state index in [4.69, 9.17) is 0 Å². The molecular formula is C18H19BrN2O2. The molecule has 5 heteroatoms. The van der Waals surface area contributed by atoms with Crippen molar-refractivity contribution in [2.24, 2.45) is 0 Å². The molecule has 1 aromatic carbocycles. The number of nitrogens with one attached hydrogen (secondary N) is 1. The number of hydrogen-bond acceptors (Lipinski definition) is 2. The Labute approximate surface area is 144 Å². The summed E-state index contributed by atoms with van der Waals surface area (Å²) in [7, 11) is 0. The molecule has 1 heterocycles. The lowest BCUT2D eigenvalue weighted by Gasteiger charge is -2.25. The summed E-state index contributed by atoms with van der Waals surface area (Å²) in [5, 5.41) is 1.41. The maximum Gasteiger partial charge on any atom is 0.269 e. The van der Waals surface area contributed by atoms with Crippen LogP contribution in [0.1, 0.15) is 24.8 Å². The summed E-state index contributed by atoms with van der Waals surface area (Å²) in [6, 6.07) is 9.74. The molecule has 0 radical (unpaired) electrons. The van der Waals surface area contributed by atoms with Crippen molar-refractivity contribution >= 4 is 27.7 Å². The second-order valence-electron chi connectivity index (χ2n) is 5.42. The highest BCUT2D eigenvalue weighted by atomic mass is 79.9. The fourth-order valence-corrected chi connectivity index (χ4v) is 2.93. The zero-order chi connectivity index (χ0) is 17.0. The Kier molecular flexibility index (Phi) is 5.55. The average Bonchev–Trinajstić information content (AvgIpc) is 2.81. The first-order valence-electron chi connectivity index (χ1n) is 7.30. The molecule has 2 amide bonds. The minimum absolute atomic E-state index is 0.0614. The Balaban J connectivity index is 2.15. The summed E-state index contributed by atoms with van der Waals surface area (Å²) in [4.78, 5) is 24.6. The molecule has 2 rings (SSSR count). The van der Waals surface area contributed by atoms with E-state index in [0.29, 0.717) is 16.5 Å². The van der Waals surface area contributed by atoms with Gasteiger partial charge in [0, 0.05) is 22.4 Å². The molecule has 23 heavy (non-hydrogen) atoms. The highest BCUT2D eigenvalue weighted by Crippen LogP contribution is 2.33. The monoisotopic (exact) mass is 374 g/mol. The van der Waals surface area contributed by atoms with Crippen LogP contribution in [0.2, 0.25) is 0 Å². The maximum atomic E-state index is 12.3. The Bertz CT molecular complexity index is 667. The van der Waals surface area contributed by atoms with Gasteiger partial charge in [0.2, 0.25) is 5.91 Å². The van der Waals surface area contributed by atoms with Gasteiger partial charge in [0.1, 0.15) is 0 Å². The predicted molar refractivity (Wildman–Crippen MR) is 94.6 cm³/mol. The van der Waals surface area contributed by atoms with Crippen molar-refractivity contribution in [2.75, 3.05) is 0 Å². The number of hydrazine groups is 1. The van der Waals surface area contributed by atoms with E-state index in [1.807, 2.05) is 37.3 Å². The molecule has 1 saturated heterocycles. The van der Waals surface area contributed by atoms with Crippen LogP contribution in [-0.4, -0.2) is 22.9 Å². The minimum atomic E-state index is -0.380. The fraction of sp³-hybridized carbons (Fsp3) is 0.222. The molecule has 120 valence electrons. The van der Waals surface area contributed by atoms with E-state index < -0.39 is 0 Å². The number of hydrogen-bond donors (Lipinski definition) is 1. The number of carbonyl (C=O) groups excluding carboxylic acids is 2. The van der Waals surface area contributed by atoms with Crippen molar-refractivity contribution in [3.05, 3.63) is 71.3 Å². The molecule has 2 unspecified atom stereocenters. The number of nitrogens with zero attached hydrogens (tertiary/aromatic N) is 1. The lowest BCUT2D eigenvalue weighted by Crippen LogP contribution is -2.47. The van der Waals surface area contributed by atoms with Crippen molar-refractivity contribution in [2.45, 2.75) is 25.3 Å². The first-order chi connectivity index (χ1) is 10.9. The van der Waals surface area contributed by atoms with Gasteiger partial charge in [-0.25, -0.2) is 0 Å². The van der Waals surface area contributed by atoms with Crippen molar-refractivity contribution in [3.63, 3.8) is 0 Å². The first-order valence-corrected chi connectivity index (χ1v) is 8.10. The Hall–Kier alpha value is -2.14. The van der Waals surface area contributed by atoms with E-state index in [-0.39, 0.29) is 23.8 Å². The van der Waals surface area contributed by atoms with Crippen LogP contribution in [0.5, 0.6) is 0 Å². The summed E-state index contributed by atoms with van der Waals surface area (Å²) < 4.78 is 0.561. The largest absolute Gasteiger partial charge is 0.273 e. The topological polar surface area (TPSA) is 49.4 Å². The highest BCUT2D eigenvalue weighted by molar-refractivity contribution is 9.11. The van der Waals surface area contributed by atoms with Gasteiger partial charge in [-0.15, -0.1) is 0 Å². The summed E-state index contributed by atoms with van der Waals surface area (Å²) in [6.07, 6.45) is 3.37. The number of rotatable bonds is 5. The Morgan fingerprint density at radius 2 is 2.04 bits per heavy atom. The molecule has 0 aliphatic carbocycles. The molecule has 1 N–H and O–H groups in total. The molecule has 0 bridgehead atoms. The summed E-state index contributed by atoms with van der Waals surface area (Å²) in [5.41, 5.74) is 4.12. The van der Waals surface area contributed by atoms with E-state index in [1.165, 1.54) is 11.1 Å². The third kappa shape index (κ3) is 3.99. The van der Waals surface area contributed by atoms with Gasteiger partial charge >= 0.3 is 0 Å². The van der Waals surface area contributed by atoms with Crippen LogP contribution in [0.3, 0.4) is 0 Å². The third-order valence-corrected chi connectivity index (χ3v) is 4.13.